The van der Waals surface area contributed by atoms with Crippen LogP contribution in [-0.4, -0.2) is 58.0 Å². The Bertz CT molecular complexity index is 1060. The highest BCUT2D eigenvalue weighted by Crippen LogP contribution is 2.32. The summed E-state index contributed by atoms with van der Waals surface area (Å²) in [4.78, 5) is 16.4. The van der Waals surface area contributed by atoms with Crippen LogP contribution in [0.1, 0.15) is 35.9 Å². The normalized spacial score (nSPS) is 19.3. The summed E-state index contributed by atoms with van der Waals surface area (Å²) in [6.07, 6.45) is -0.477. The summed E-state index contributed by atoms with van der Waals surface area (Å²) in [5.74, 6) is 0. The SMILES string of the molecule is CC1COCCN1C=Cc1cc2n(n1)CCCN(C(=O)OCc1cc(Cl)cc(C(F)(F)F)c1)C2. The van der Waals surface area contributed by atoms with Crippen molar-refractivity contribution >= 4 is 23.8 Å². The number of nitrogens with zero attached hydrogens (tertiary/aromatic N) is 4. The molecule has 3 heterocycles. The number of hydrogen-bond donors (Lipinski definition) is 0. The van der Waals surface area contributed by atoms with E-state index in [0.717, 1.165) is 30.1 Å². The minimum atomic E-state index is -4.53. The minimum Gasteiger partial charge on any atom is -0.445 e. The second kappa shape index (κ2) is 10.3. The molecule has 0 bridgehead atoms. The van der Waals surface area contributed by atoms with Gasteiger partial charge in [-0.15, -0.1) is 0 Å². The van der Waals surface area contributed by atoms with Crippen LogP contribution in [-0.2, 0) is 35.3 Å². The Morgan fingerprint density at radius 3 is 2.85 bits per heavy atom. The highest BCUT2D eigenvalue weighted by Gasteiger charge is 2.31. The molecule has 1 fully saturated rings. The summed E-state index contributed by atoms with van der Waals surface area (Å²) in [6, 6.07) is 5.36. The lowest BCUT2D eigenvalue weighted by molar-refractivity contribution is -0.137. The molecule has 1 amide bonds. The van der Waals surface area contributed by atoms with Gasteiger partial charge in [0, 0.05) is 36.9 Å². The van der Waals surface area contributed by atoms with Crippen LogP contribution in [0.4, 0.5) is 18.0 Å². The minimum absolute atomic E-state index is 0.0633. The fourth-order valence-electron chi connectivity index (χ4n) is 3.99. The number of aryl methyl sites for hydroxylation is 1. The third-order valence-corrected chi connectivity index (χ3v) is 6.01. The Hall–Kier alpha value is -2.72. The van der Waals surface area contributed by atoms with Crippen LogP contribution in [0.5, 0.6) is 0 Å². The first-order valence-electron chi connectivity index (χ1n) is 11.1. The van der Waals surface area contributed by atoms with Gasteiger partial charge in [0.2, 0.25) is 0 Å². The smallest absolute Gasteiger partial charge is 0.416 e. The molecule has 184 valence electrons. The van der Waals surface area contributed by atoms with E-state index < -0.39 is 17.8 Å². The number of alkyl halides is 3. The Morgan fingerprint density at radius 1 is 1.26 bits per heavy atom. The van der Waals surface area contributed by atoms with E-state index in [1.54, 1.807) is 0 Å². The van der Waals surface area contributed by atoms with Gasteiger partial charge in [-0.1, -0.05) is 11.6 Å². The average molecular weight is 499 g/mol. The zero-order valence-electron chi connectivity index (χ0n) is 18.7. The number of halogens is 4. The molecule has 2 aliphatic rings. The van der Waals surface area contributed by atoms with E-state index in [0.29, 0.717) is 45.3 Å². The molecule has 0 radical (unpaired) electrons. The summed E-state index contributed by atoms with van der Waals surface area (Å²) in [5.41, 5.74) is 0.961. The first kappa shape index (κ1) is 24.4. The summed E-state index contributed by atoms with van der Waals surface area (Å²) in [6.45, 7) is 5.42. The zero-order chi connectivity index (χ0) is 24.3. The van der Waals surface area contributed by atoms with Gasteiger partial charge in [-0.05, 0) is 49.2 Å². The second-order valence-electron chi connectivity index (χ2n) is 8.44. The van der Waals surface area contributed by atoms with Crippen LogP contribution >= 0.6 is 11.6 Å². The molecule has 2 aliphatic heterocycles. The second-order valence-corrected chi connectivity index (χ2v) is 8.87. The van der Waals surface area contributed by atoms with Crippen LogP contribution in [0.3, 0.4) is 0 Å². The van der Waals surface area contributed by atoms with Gasteiger partial charge in [0.15, 0.2) is 0 Å². The van der Waals surface area contributed by atoms with E-state index >= 15 is 0 Å². The van der Waals surface area contributed by atoms with E-state index in [4.69, 9.17) is 21.1 Å². The lowest BCUT2D eigenvalue weighted by atomic mass is 10.1. The monoisotopic (exact) mass is 498 g/mol. The van der Waals surface area contributed by atoms with Crippen molar-refractivity contribution in [2.24, 2.45) is 0 Å². The van der Waals surface area contributed by atoms with Crippen molar-refractivity contribution < 1.29 is 27.4 Å². The maximum Gasteiger partial charge on any atom is 0.416 e. The standard InChI is InChI=1S/C23H26ClF3N4O3/c1-16-14-33-8-7-29(16)6-3-20-12-21-13-30(4-2-5-31(21)28-20)22(32)34-15-17-9-18(23(25,26)27)11-19(24)10-17/h3,6,9-12,16H,2,4-5,7-8,13-15H2,1H3. The maximum absolute atomic E-state index is 13.0. The quantitative estimate of drug-likeness (QED) is 0.606. The van der Waals surface area contributed by atoms with E-state index in [-0.39, 0.29) is 17.2 Å². The van der Waals surface area contributed by atoms with Gasteiger partial charge in [-0.25, -0.2) is 4.79 Å². The Labute approximate surface area is 200 Å². The molecule has 11 heteroatoms. The Kier molecular flexibility index (Phi) is 7.37. The highest BCUT2D eigenvalue weighted by atomic mass is 35.5. The molecular formula is C23H26ClF3N4O3. The van der Waals surface area contributed by atoms with E-state index in [1.807, 2.05) is 23.0 Å². The number of carbonyl (C=O) groups excluding carboxylic acids is 1. The molecule has 1 aromatic carbocycles. The fraction of sp³-hybridized carbons (Fsp3) is 0.478. The highest BCUT2D eigenvalue weighted by molar-refractivity contribution is 6.30. The number of benzene rings is 1. The van der Waals surface area contributed by atoms with Gasteiger partial charge in [-0.3, -0.25) is 4.68 Å². The molecular weight excluding hydrogens is 473 g/mol. The first-order valence-corrected chi connectivity index (χ1v) is 11.4. The molecule has 0 saturated carbocycles. The lowest BCUT2D eigenvalue weighted by Gasteiger charge is -2.32. The van der Waals surface area contributed by atoms with Crippen LogP contribution < -0.4 is 0 Å². The van der Waals surface area contributed by atoms with E-state index in [1.165, 1.54) is 11.0 Å². The average Bonchev–Trinajstić information content (AvgIpc) is 3.05. The van der Waals surface area contributed by atoms with Crippen molar-refractivity contribution in [3.63, 3.8) is 0 Å². The first-order chi connectivity index (χ1) is 16.2. The largest absolute Gasteiger partial charge is 0.445 e. The molecule has 0 N–H and O–H groups in total. The van der Waals surface area contributed by atoms with Crippen molar-refractivity contribution in [1.82, 2.24) is 19.6 Å². The van der Waals surface area contributed by atoms with Crippen molar-refractivity contribution in [3.05, 3.63) is 58.0 Å². The predicted molar refractivity (Wildman–Crippen MR) is 120 cm³/mol. The number of aromatic nitrogens is 2. The molecule has 1 atom stereocenters. The molecule has 4 rings (SSSR count). The van der Waals surface area contributed by atoms with Crippen LogP contribution in [0, 0.1) is 0 Å². The summed E-state index contributed by atoms with van der Waals surface area (Å²) in [5, 5.41) is 4.56. The van der Waals surface area contributed by atoms with Crippen LogP contribution in [0.2, 0.25) is 5.02 Å². The molecule has 7 nitrogen and oxygen atoms in total. The zero-order valence-corrected chi connectivity index (χ0v) is 19.5. The van der Waals surface area contributed by atoms with E-state index in [9.17, 15) is 18.0 Å². The molecule has 1 unspecified atom stereocenters. The molecule has 1 saturated heterocycles. The van der Waals surface area contributed by atoms with Crippen molar-refractivity contribution in [2.75, 3.05) is 26.3 Å². The molecule has 1 aromatic heterocycles. The van der Waals surface area contributed by atoms with Gasteiger partial charge in [0.25, 0.3) is 0 Å². The van der Waals surface area contributed by atoms with Crippen LogP contribution in [0.15, 0.2) is 30.5 Å². The number of morpholine rings is 1. The Balaban J connectivity index is 1.38. The summed E-state index contributed by atoms with van der Waals surface area (Å²) in [7, 11) is 0. The maximum atomic E-state index is 13.0. The van der Waals surface area contributed by atoms with Crippen molar-refractivity contribution in [2.45, 2.75) is 45.3 Å². The Morgan fingerprint density at radius 2 is 2.09 bits per heavy atom. The number of hydrogen-bond acceptors (Lipinski definition) is 5. The topological polar surface area (TPSA) is 59.8 Å². The summed E-state index contributed by atoms with van der Waals surface area (Å²) < 4.78 is 51.7. The molecule has 34 heavy (non-hydrogen) atoms. The number of amides is 1. The van der Waals surface area contributed by atoms with Crippen molar-refractivity contribution in [1.29, 1.82) is 0 Å². The van der Waals surface area contributed by atoms with Gasteiger partial charge in [0.05, 0.1) is 36.7 Å². The van der Waals surface area contributed by atoms with E-state index in [2.05, 4.69) is 16.9 Å². The number of ether oxygens (including phenoxy) is 2. The summed E-state index contributed by atoms with van der Waals surface area (Å²) >= 11 is 5.81. The number of fused-ring (bicyclic) bond motifs is 1. The van der Waals surface area contributed by atoms with Crippen LogP contribution in [0.25, 0.3) is 6.08 Å². The number of carbonyl (C=O) groups is 1. The van der Waals surface area contributed by atoms with Gasteiger partial charge in [-0.2, -0.15) is 18.3 Å². The number of rotatable bonds is 4. The predicted octanol–water partition coefficient (Wildman–Crippen LogP) is 4.79. The van der Waals surface area contributed by atoms with Gasteiger partial charge in [0.1, 0.15) is 6.61 Å². The molecule has 2 aromatic rings. The lowest BCUT2D eigenvalue weighted by Crippen LogP contribution is -2.39. The fourth-order valence-corrected chi connectivity index (χ4v) is 4.25. The van der Waals surface area contributed by atoms with Gasteiger partial charge < -0.3 is 19.3 Å². The van der Waals surface area contributed by atoms with Crippen molar-refractivity contribution in [3.8, 4) is 0 Å². The molecule has 0 spiro atoms. The molecule has 0 aliphatic carbocycles. The van der Waals surface area contributed by atoms with Gasteiger partial charge >= 0.3 is 12.3 Å². The third-order valence-electron chi connectivity index (χ3n) is 5.79. The third kappa shape index (κ3) is 6.04.